The van der Waals surface area contributed by atoms with E-state index in [4.69, 9.17) is 22.6 Å². The Labute approximate surface area is 88.3 Å². The summed E-state index contributed by atoms with van der Waals surface area (Å²) in [6, 6.07) is 2.34. The van der Waals surface area contributed by atoms with Crippen LogP contribution in [0.2, 0.25) is 5.15 Å². The monoisotopic (exact) mass is 231 g/mol. The molecule has 1 aromatic rings. The molecule has 4 nitrogen and oxygen atoms in total. The van der Waals surface area contributed by atoms with Crippen molar-refractivity contribution in [3.63, 3.8) is 0 Å². The van der Waals surface area contributed by atoms with Crippen molar-refractivity contribution in [1.29, 1.82) is 5.26 Å². The molecule has 0 aliphatic carbocycles. The molecule has 0 saturated carbocycles. The first kappa shape index (κ1) is 11.3. The van der Waals surface area contributed by atoms with Crippen LogP contribution in [0.4, 0.5) is 8.78 Å². The lowest BCUT2D eigenvalue weighted by Crippen LogP contribution is -2.16. The van der Waals surface area contributed by atoms with Crippen molar-refractivity contribution >= 4 is 17.5 Å². The fraction of sp³-hybridized carbons (Fsp3) is 0.125. The fourth-order valence-electron chi connectivity index (χ4n) is 1.01. The second-order valence-corrected chi connectivity index (χ2v) is 2.90. The van der Waals surface area contributed by atoms with Crippen LogP contribution in [-0.4, -0.2) is 10.9 Å². The molecule has 0 bridgehead atoms. The summed E-state index contributed by atoms with van der Waals surface area (Å²) in [6.45, 7) is 0. The van der Waals surface area contributed by atoms with Crippen LogP contribution in [0.5, 0.6) is 0 Å². The Hall–Kier alpha value is -1.74. The van der Waals surface area contributed by atoms with E-state index in [1.54, 1.807) is 6.07 Å². The molecule has 0 aromatic carbocycles. The van der Waals surface area contributed by atoms with Gasteiger partial charge in [0.25, 0.3) is 12.3 Å². The molecule has 0 fully saturated rings. The zero-order valence-corrected chi connectivity index (χ0v) is 7.92. The Morgan fingerprint density at radius 2 is 2.27 bits per heavy atom. The fourth-order valence-corrected chi connectivity index (χ4v) is 1.30. The van der Waals surface area contributed by atoms with Gasteiger partial charge in [0.15, 0.2) is 0 Å². The van der Waals surface area contributed by atoms with Gasteiger partial charge in [-0.3, -0.25) is 4.79 Å². The van der Waals surface area contributed by atoms with Gasteiger partial charge in [0.2, 0.25) is 0 Å². The van der Waals surface area contributed by atoms with Gasteiger partial charge in [-0.1, -0.05) is 11.6 Å². The molecule has 1 heterocycles. The van der Waals surface area contributed by atoms with Gasteiger partial charge < -0.3 is 5.73 Å². The Morgan fingerprint density at radius 3 is 2.67 bits per heavy atom. The van der Waals surface area contributed by atoms with Gasteiger partial charge in [0.1, 0.15) is 16.9 Å². The number of carbonyl (C=O) groups excluding carboxylic acids is 1. The molecule has 1 rings (SSSR count). The summed E-state index contributed by atoms with van der Waals surface area (Å²) in [5.41, 5.74) is 3.34. The van der Waals surface area contributed by atoms with Crippen molar-refractivity contribution in [3.05, 3.63) is 28.0 Å². The second-order valence-electron chi connectivity index (χ2n) is 2.54. The number of carbonyl (C=O) groups is 1. The Morgan fingerprint density at radius 1 is 1.67 bits per heavy atom. The number of hydrogen-bond acceptors (Lipinski definition) is 3. The highest BCUT2D eigenvalue weighted by Crippen LogP contribution is 2.27. The highest BCUT2D eigenvalue weighted by Gasteiger charge is 2.22. The molecule has 0 atom stereocenters. The number of pyridine rings is 1. The summed E-state index contributed by atoms with van der Waals surface area (Å²) in [6.07, 6.45) is -2.94. The predicted octanol–water partition coefficient (Wildman–Crippen LogP) is 1.64. The van der Waals surface area contributed by atoms with E-state index in [1.165, 1.54) is 0 Å². The van der Waals surface area contributed by atoms with Crippen LogP contribution in [0.15, 0.2) is 6.07 Å². The van der Waals surface area contributed by atoms with Crippen LogP contribution in [0.25, 0.3) is 0 Å². The van der Waals surface area contributed by atoms with Crippen molar-refractivity contribution in [2.45, 2.75) is 6.43 Å². The van der Waals surface area contributed by atoms with Gasteiger partial charge in [-0.25, -0.2) is 13.8 Å². The second kappa shape index (κ2) is 4.19. The van der Waals surface area contributed by atoms with Crippen molar-refractivity contribution in [2.75, 3.05) is 0 Å². The Balaban J connectivity index is 3.51. The van der Waals surface area contributed by atoms with E-state index in [2.05, 4.69) is 4.98 Å². The maximum atomic E-state index is 12.5. The minimum absolute atomic E-state index is 0.291. The topological polar surface area (TPSA) is 79.8 Å². The molecule has 1 amide bonds. The summed E-state index contributed by atoms with van der Waals surface area (Å²) in [4.78, 5) is 14.3. The molecule has 0 aliphatic heterocycles. The molecular weight excluding hydrogens is 228 g/mol. The van der Waals surface area contributed by atoms with E-state index < -0.39 is 28.6 Å². The SMILES string of the molecule is N#Cc1cc(C(F)F)c(C(N)=O)c(Cl)n1. The number of aromatic nitrogens is 1. The maximum Gasteiger partial charge on any atom is 0.264 e. The number of alkyl halides is 2. The highest BCUT2D eigenvalue weighted by molar-refractivity contribution is 6.32. The molecular formula is C8H4ClF2N3O. The van der Waals surface area contributed by atoms with Gasteiger partial charge in [-0.05, 0) is 6.07 Å². The lowest BCUT2D eigenvalue weighted by molar-refractivity contribution is 0.0986. The van der Waals surface area contributed by atoms with E-state index in [0.29, 0.717) is 0 Å². The summed E-state index contributed by atoms with van der Waals surface area (Å²) in [5, 5.41) is 7.98. The molecule has 1 aromatic heterocycles. The quantitative estimate of drug-likeness (QED) is 0.786. The number of hydrogen-bond donors (Lipinski definition) is 1. The largest absolute Gasteiger partial charge is 0.365 e. The standard InChI is InChI=1S/C8H4ClF2N3O/c9-6-5(8(13)15)4(7(10)11)1-3(2-12)14-6/h1,7H,(H2,13,15). The molecule has 78 valence electrons. The van der Waals surface area contributed by atoms with Crippen molar-refractivity contribution in [2.24, 2.45) is 5.73 Å². The molecule has 7 heteroatoms. The van der Waals surface area contributed by atoms with Crippen molar-refractivity contribution < 1.29 is 13.6 Å². The first-order valence-electron chi connectivity index (χ1n) is 3.66. The third kappa shape index (κ3) is 2.19. The Bertz CT molecular complexity index is 456. The molecule has 0 radical (unpaired) electrons. The first-order valence-corrected chi connectivity index (χ1v) is 4.03. The molecule has 0 spiro atoms. The van der Waals surface area contributed by atoms with Crippen molar-refractivity contribution in [3.8, 4) is 6.07 Å². The zero-order valence-electron chi connectivity index (χ0n) is 7.17. The van der Waals surface area contributed by atoms with E-state index in [0.717, 1.165) is 6.07 Å². The zero-order chi connectivity index (χ0) is 11.6. The number of rotatable bonds is 2. The maximum absolute atomic E-state index is 12.5. The number of nitriles is 1. The van der Waals surface area contributed by atoms with Crippen molar-refractivity contribution in [1.82, 2.24) is 4.98 Å². The van der Waals surface area contributed by atoms with Gasteiger partial charge in [0, 0.05) is 5.56 Å². The van der Waals surface area contributed by atoms with Crippen LogP contribution in [-0.2, 0) is 0 Å². The van der Waals surface area contributed by atoms with E-state index in [-0.39, 0.29) is 5.69 Å². The van der Waals surface area contributed by atoms with Crippen LogP contribution in [0.1, 0.15) is 28.0 Å². The predicted molar refractivity (Wildman–Crippen MR) is 47.4 cm³/mol. The number of halogens is 3. The lowest BCUT2D eigenvalue weighted by atomic mass is 10.1. The molecule has 0 unspecified atom stereocenters. The third-order valence-electron chi connectivity index (χ3n) is 1.60. The number of primary amides is 1. The van der Waals surface area contributed by atoms with Crippen LogP contribution in [0.3, 0.4) is 0 Å². The average molecular weight is 232 g/mol. The lowest BCUT2D eigenvalue weighted by Gasteiger charge is -2.07. The third-order valence-corrected chi connectivity index (χ3v) is 1.88. The average Bonchev–Trinajstić information content (AvgIpc) is 2.15. The number of amides is 1. The summed E-state index contributed by atoms with van der Waals surface area (Å²) in [5.74, 6) is -1.10. The highest BCUT2D eigenvalue weighted by atomic mass is 35.5. The molecule has 2 N–H and O–H groups in total. The Kier molecular flexibility index (Phi) is 3.17. The summed E-state index contributed by atoms with van der Waals surface area (Å²) >= 11 is 5.46. The molecule has 15 heavy (non-hydrogen) atoms. The van der Waals surface area contributed by atoms with E-state index in [9.17, 15) is 13.6 Å². The smallest absolute Gasteiger partial charge is 0.264 e. The number of nitrogens with zero attached hydrogens (tertiary/aromatic N) is 2. The van der Waals surface area contributed by atoms with Gasteiger partial charge in [-0.2, -0.15) is 5.26 Å². The first-order chi connectivity index (χ1) is 6.97. The van der Waals surface area contributed by atoms with Gasteiger partial charge >= 0.3 is 0 Å². The minimum atomic E-state index is -2.94. The van der Waals surface area contributed by atoms with Gasteiger partial charge in [-0.15, -0.1) is 0 Å². The normalized spacial score (nSPS) is 10.1. The van der Waals surface area contributed by atoms with Crippen LogP contribution < -0.4 is 5.73 Å². The van der Waals surface area contributed by atoms with E-state index >= 15 is 0 Å². The van der Waals surface area contributed by atoms with Crippen LogP contribution >= 0.6 is 11.6 Å². The molecule has 0 aliphatic rings. The van der Waals surface area contributed by atoms with Crippen LogP contribution in [0, 0.1) is 11.3 Å². The summed E-state index contributed by atoms with van der Waals surface area (Å²) < 4.78 is 25.0. The summed E-state index contributed by atoms with van der Waals surface area (Å²) in [7, 11) is 0. The molecule has 0 saturated heterocycles. The van der Waals surface area contributed by atoms with E-state index in [1.807, 2.05) is 0 Å². The minimum Gasteiger partial charge on any atom is -0.365 e. The number of nitrogens with two attached hydrogens (primary N) is 1. The van der Waals surface area contributed by atoms with Gasteiger partial charge in [0.05, 0.1) is 5.56 Å².